The summed E-state index contributed by atoms with van der Waals surface area (Å²) >= 11 is 5.86. The van der Waals surface area contributed by atoms with Gasteiger partial charge in [0.25, 0.3) is 5.91 Å². The van der Waals surface area contributed by atoms with Gasteiger partial charge in [-0.2, -0.15) is 0 Å². The van der Waals surface area contributed by atoms with Crippen LogP contribution < -0.4 is 0 Å². The molecule has 1 aromatic carbocycles. The van der Waals surface area contributed by atoms with E-state index in [1.54, 1.807) is 11.0 Å². The summed E-state index contributed by atoms with van der Waals surface area (Å²) in [5.74, 6) is 0.102. The lowest BCUT2D eigenvalue weighted by atomic mass is 9.94. The highest BCUT2D eigenvalue weighted by Crippen LogP contribution is 2.26. The van der Waals surface area contributed by atoms with Gasteiger partial charge in [0.15, 0.2) is 0 Å². The van der Waals surface area contributed by atoms with Gasteiger partial charge < -0.3 is 15.1 Å². The van der Waals surface area contributed by atoms with Crippen LogP contribution in [0.2, 0.25) is 5.02 Å². The van der Waals surface area contributed by atoms with Crippen LogP contribution in [-0.4, -0.2) is 40.7 Å². The Balaban J connectivity index is 2.12. The molecule has 1 atom stereocenters. The molecule has 4 nitrogen and oxygen atoms in total. The van der Waals surface area contributed by atoms with Crippen molar-refractivity contribution in [3.05, 3.63) is 28.8 Å². The van der Waals surface area contributed by atoms with Crippen molar-refractivity contribution in [1.29, 1.82) is 0 Å². The highest BCUT2D eigenvalue weighted by Gasteiger charge is 2.25. The van der Waals surface area contributed by atoms with Crippen LogP contribution in [-0.2, 0) is 0 Å². The number of carbonyl (C=O) groups excluding carboxylic acids is 1. The third kappa shape index (κ3) is 3.39. The van der Waals surface area contributed by atoms with Gasteiger partial charge >= 0.3 is 0 Å². The summed E-state index contributed by atoms with van der Waals surface area (Å²) in [7, 11) is 0. The van der Waals surface area contributed by atoms with Crippen LogP contribution in [0.25, 0.3) is 0 Å². The summed E-state index contributed by atoms with van der Waals surface area (Å²) in [5, 5.41) is 19.2. The maximum absolute atomic E-state index is 12.4. The number of aliphatic hydroxyl groups is 1. The second-order valence-electron chi connectivity index (χ2n) is 4.93. The summed E-state index contributed by atoms with van der Waals surface area (Å²) in [6, 6.07) is 4.48. The Bertz CT molecular complexity index is 462. The third-order valence-corrected chi connectivity index (χ3v) is 3.77. The molecule has 1 aromatic rings. The summed E-state index contributed by atoms with van der Waals surface area (Å²) in [4.78, 5) is 14.1. The van der Waals surface area contributed by atoms with Crippen molar-refractivity contribution in [3.63, 3.8) is 0 Å². The smallest absolute Gasteiger partial charge is 0.257 e. The summed E-state index contributed by atoms with van der Waals surface area (Å²) in [5.41, 5.74) is 0.247. The van der Waals surface area contributed by atoms with Crippen molar-refractivity contribution in [2.75, 3.05) is 19.7 Å². The molecule has 19 heavy (non-hydrogen) atoms. The largest absolute Gasteiger partial charge is 0.507 e. The Morgan fingerprint density at radius 3 is 3.00 bits per heavy atom. The molecule has 0 bridgehead atoms. The Morgan fingerprint density at radius 2 is 2.26 bits per heavy atom. The first-order valence-electron chi connectivity index (χ1n) is 6.50. The molecule has 1 saturated heterocycles. The van der Waals surface area contributed by atoms with Crippen molar-refractivity contribution in [2.24, 2.45) is 5.92 Å². The third-order valence-electron chi connectivity index (χ3n) is 3.53. The van der Waals surface area contributed by atoms with Crippen LogP contribution in [0.4, 0.5) is 0 Å². The zero-order valence-electron chi connectivity index (χ0n) is 10.7. The number of carbonyl (C=O) groups is 1. The molecule has 1 heterocycles. The quantitative estimate of drug-likeness (QED) is 0.895. The van der Waals surface area contributed by atoms with Crippen LogP contribution >= 0.6 is 11.6 Å². The summed E-state index contributed by atoms with van der Waals surface area (Å²) in [6.45, 7) is 1.47. The second-order valence-corrected chi connectivity index (χ2v) is 5.37. The topological polar surface area (TPSA) is 60.8 Å². The SMILES string of the molecule is O=C(c1cc(Cl)ccc1O)N1CCCC(CCO)C1. The average molecular weight is 284 g/mol. The van der Waals surface area contributed by atoms with Crippen molar-refractivity contribution < 1.29 is 15.0 Å². The molecule has 0 aromatic heterocycles. The van der Waals surface area contributed by atoms with E-state index >= 15 is 0 Å². The molecule has 104 valence electrons. The normalized spacial score (nSPS) is 19.5. The molecule has 1 aliphatic rings. The fourth-order valence-corrected chi connectivity index (χ4v) is 2.69. The van der Waals surface area contributed by atoms with E-state index in [1.807, 2.05) is 0 Å². The Labute approximate surface area is 117 Å². The zero-order valence-corrected chi connectivity index (χ0v) is 11.4. The molecule has 0 radical (unpaired) electrons. The predicted octanol–water partition coefficient (Wildman–Crippen LogP) is 2.28. The molecule has 5 heteroatoms. The second kappa shape index (κ2) is 6.26. The molecule has 2 rings (SSSR count). The van der Waals surface area contributed by atoms with Crippen LogP contribution in [0.5, 0.6) is 5.75 Å². The van der Waals surface area contributed by atoms with Crippen molar-refractivity contribution in [3.8, 4) is 5.75 Å². The van der Waals surface area contributed by atoms with Crippen LogP contribution in [0, 0.1) is 5.92 Å². The van der Waals surface area contributed by atoms with Crippen LogP contribution in [0.3, 0.4) is 0 Å². The number of aromatic hydroxyl groups is 1. The van der Waals surface area contributed by atoms with Crippen molar-refractivity contribution >= 4 is 17.5 Å². The fraction of sp³-hybridized carbons (Fsp3) is 0.500. The minimum Gasteiger partial charge on any atom is -0.507 e. The Kier molecular flexibility index (Phi) is 4.66. The molecule has 1 fully saturated rings. The molecule has 2 N–H and O–H groups in total. The van der Waals surface area contributed by atoms with E-state index in [4.69, 9.17) is 16.7 Å². The van der Waals surface area contributed by atoms with E-state index in [0.717, 1.165) is 12.8 Å². The number of benzene rings is 1. The van der Waals surface area contributed by atoms with Gasteiger partial charge in [-0.05, 0) is 43.4 Å². The molecule has 1 unspecified atom stereocenters. The highest BCUT2D eigenvalue weighted by molar-refractivity contribution is 6.31. The fourth-order valence-electron chi connectivity index (χ4n) is 2.52. The molecular weight excluding hydrogens is 266 g/mol. The van der Waals surface area contributed by atoms with Gasteiger partial charge in [0.05, 0.1) is 5.56 Å². The number of phenolic OH excluding ortho intramolecular Hbond substituents is 1. The number of aliphatic hydroxyl groups excluding tert-OH is 1. The number of hydrogen-bond donors (Lipinski definition) is 2. The molecule has 0 saturated carbocycles. The first kappa shape index (κ1) is 14.2. The first-order valence-corrected chi connectivity index (χ1v) is 6.88. The van der Waals surface area contributed by atoms with Gasteiger partial charge in [-0.15, -0.1) is 0 Å². The standard InChI is InChI=1S/C14H18ClNO3/c15-11-3-4-13(18)12(8-11)14(19)16-6-1-2-10(9-16)5-7-17/h3-4,8,10,17-18H,1-2,5-7,9H2. The minimum atomic E-state index is -0.192. The Morgan fingerprint density at radius 1 is 1.47 bits per heavy atom. The summed E-state index contributed by atoms with van der Waals surface area (Å²) in [6.07, 6.45) is 2.68. The summed E-state index contributed by atoms with van der Waals surface area (Å²) < 4.78 is 0. The predicted molar refractivity (Wildman–Crippen MR) is 73.4 cm³/mol. The number of hydrogen-bond acceptors (Lipinski definition) is 3. The van der Waals surface area contributed by atoms with Gasteiger partial charge in [-0.3, -0.25) is 4.79 Å². The Hall–Kier alpha value is -1.26. The molecule has 0 spiro atoms. The molecule has 1 aliphatic heterocycles. The molecular formula is C14H18ClNO3. The lowest BCUT2D eigenvalue weighted by Crippen LogP contribution is -2.40. The van der Waals surface area contributed by atoms with Gasteiger partial charge in [0.1, 0.15) is 5.75 Å². The zero-order chi connectivity index (χ0) is 13.8. The van der Waals surface area contributed by atoms with E-state index in [2.05, 4.69) is 0 Å². The van der Waals surface area contributed by atoms with Gasteiger partial charge in [-0.25, -0.2) is 0 Å². The average Bonchev–Trinajstić information content (AvgIpc) is 2.41. The highest BCUT2D eigenvalue weighted by atomic mass is 35.5. The van der Waals surface area contributed by atoms with Crippen molar-refractivity contribution in [2.45, 2.75) is 19.3 Å². The van der Waals surface area contributed by atoms with Gasteiger partial charge in [-0.1, -0.05) is 11.6 Å². The van der Waals surface area contributed by atoms with Gasteiger partial charge in [0.2, 0.25) is 0 Å². The lowest BCUT2D eigenvalue weighted by molar-refractivity contribution is 0.0650. The maximum atomic E-state index is 12.4. The number of rotatable bonds is 3. The van der Waals surface area contributed by atoms with Crippen molar-refractivity contribution in [1.82, 2.24) is 4.90 Å². The number of amides is 1. The lowest BCUT2D eigenvalue weighted by Gasteiger charge is -2.32. The molecule has 1 amide bonds. The van der Waals surface area contributed by atoms with E-state index in [1.165, 1.54) is 12.1 Å². The van der Waals surface area contributed by atoms with Crippen LogP contribution in [0.15, 0.2) is 18.2 Å². The van der Waals surface area contributed by atoms with E-state index in [0.29, 0.717) is 30.5 Å². The van der Waals surface area contributed by atoms with E-state index in [9.17, 15) is 9.90 Å². The number of phenols is 1. The number of likely N-dealkylation sites (tertiary alicyclic amines) is 1. The maximum Gasteiger partial charge on any atom is 0.257 e. The number of piperidine rings is 1. The van der Waals surface area contributed by atoms with E-state index in [-0.39, 0.29) is 23.8 Å². The number of halogens is 1. The minimum absolute atomic E-state index is 0.0429. The monoisotopic (exact) mass is 283 g/mol. The van der Waals surface area contributed by atoms with E-state index < -0.39 is 0 Å². The number of nitrogens with zero attached hydrogens (tertiary/aromatic N) is 1. The molecule has 0 aliphatic carbocycles. The van der Waals surface area contributed by atoms with Crippen LogP contribution in [0.1, 0.15) is 29.6 Å². The van der Waals surface area contributed by atoms with Gasteiger partial charge in [0, 0.05) is 24.7 Å². The first-order chi connectivity index (χ1) is 9.11.